The van der Waals surface area contributed by atoms with Crippen LogP contribution in [0.25, 0.3) is 0 Å². The molecule has 0 bridgehead atoms. The Morgan fingerprint density at radius 3 is 2.08 bits per heavy atom. The summed E-state index contributed by atoms with van der Waals surface area (Å²) in [5.74, 6) is 2.50. The Morgan fingerprint density at radius 1 is 0.689 bits per heavy atom. The van der Waals surface area contributed by atoms with E-state index in [1.165, 1.54) is 12.5 Å². The molecule has 0 aromatic carbocycles. The lowest BCUT2D eigenvalue weighted by atomic mass is 9.47. The smallest absolute Gasteiger partial charge is 0.192 e. The van der Waals surface area contributed by atoms with E-state index in [4.69, 9.17) is 37.9 Å². The van der Waals surface area contributed by atoms with Crippen molar-refractivity contribution in [2.45, 2.75) is 203 Å². The largest absolute Gasteiger partial charge is 0.394 e. The summed E-state index contributed by atoms with van der Waals surface area (Å²) >= 11 is 0. The minimum atomic E-state index is -1.87. The molecule has 348 valence electrons. The van der Waals surface area contributed by atoms with Gasteiger partial charge in [0.15, 0.2) is 30.9 Å². The molecule has 3 saturated carbocycles. The van der Waals surface area contributed by atoms with Gasteiger partial charge in [-0.2, -0.15) is 0 Å². The van der Waals surface area contributed by atoms with Gasteiger partial charge in [-0.3, -0.25) is 0 Å². The third kappa shape index (κ3) is 7.41. The van der Waals surface area contributed by atoms with Gasteiger partial charge in [0, 0.05) is 12.3 Å². The van der Waals surface area contributed by atoms with Crippen molar-refractivity contribution in [1.29, 1.82) is 0 Å². The van der Waals surface area contributed by atoms with Gasteiger partial charge < -0.3 is 83.9 Å². The highest BCUT2D eigenvalue weighted by Crippen LogP contribution is 2.70. The van der Waals surface area contributed by atoms with Crippen molar-refractivity contribution < 1.29 is 83.9 Å². The van der Waals surface area contributed by atoms with E-state index in [0.29, 0.717) is 48.3 Å². The molecule has 8 fully saturated rings. The van der Waals surface area contributed by atoms with Crippen LogP contribution in [0.2, 0.25) is 0 Å². The lowest BCUT2D eigenvalue weighted by molar-refractivity contribution is -0.419. The van der Waals surface area contributed by atoms with Gasteiger partial charge in [-0.25, -0.2) is 0 Å². The van der Waals surface area contributed by atoms with Crippen LogP contribution < -0.4 is 0 Å². The number of hydrogen-bond donors (Lipinski definition) is 9. The zero-order valence-corrected chi connectivity index (χ0v) is 35.9. The fourth-order valence-electron chi connectivity index (χ4n) is 13.7. The van der Waals surface area contributed by atoms with Crippen LogP contribution in [0.4, 0.5) is 0 Å². The van der Waals surface area contributed by atoms with Crippen LogP contribution in [0, 0.1) is 46.3 Å². The molecule has 9 aliphatic rings. The molecule has 26 atom stereocenters. The van der Waals surface area contributed by atoms with E-state index in [1.807, 2.05) is 0 Å². The fraction of sp³-hybridized carbons (Fsp3) is 0.955. The summed E-state index contributed by atoms with van der Waals surface area (Å²) in [7, 11) is 0. The molecule has 0 amide bonds. The predicted molar refractivity (Wildman–Crippen MR) is 209 cm³/mol. The summed E-state index contributed by atoms with van der Waals surface area (Å²) in [6, 6.07) is 0. The number of rotatable bonds is 7. The first-order valence-corrected chi connectivity index (χ1v) is 22.9. The van der Waals surface area contributed by atoms with Crippen molar-refractivity contribution in [3.8, 4) is 0 Å². The molecule has 1 spiro atoms. The van der Waals surface area contributed by atoms with Gasteiger partial charge in [-0.15, -0.1) is 0 Å². The second-order valence-electron chi connectivity index (χ2n) is 20.7. The van der Waals surface area contributed by atoms with Crippen molar-refractivity contribution in [1.82, 2.24) is 0 Å². The van der Waals surface area contributed by atoms with Crippen molar-refractivity contribution in [2.24, 2.45) is 46.3 Å². The van der Waals surface area contributed by atoms with Crippen LogP contribution in [0.3, 0.4) is 0 Å². The maximum absolute atomic E-state index is 11.6. The molecule has 0 aromatic heterocycles. The third-order valence-electron chi connectivity index (χ3n) is 17.4. The quantitative estimate of drug-likeness (QED) is 0.155. The molecule has 0 radical (unpaired) electrons. The fourth-order valence-corrected chi connectivity index (χ4v) is 13.7. The first-order chi connectivity index (χ1) is 28.9. The predicted octanol–water partition coefficient (Wildman–Crippen LogP) is 0.172. The van der Waals surface area contributed by atoms with E-state index >= 15 is 0 Å². The molecular weight excluding hydrogens is 800 g/mol. The minimum Gasteiger partial charge on any atom is -0.394 e. The molecule has 2 unspecified atom stereocenters. The van der Waals surface area contributed by atoms with Crippen LogP contribution in [0.15, 0.2) is 11.6 Å². The summed E-state index contributed by atoms with van der Waals surface area (Å²) in [6.45, 7) is 11.1. The lowest BCUT2D eigenvalue weighted by Gasteiger charge is -2.58. The molecule has 4 aliphatic carbocycles. The number of aliphatic hydroxyl groups is 9. The molecule has 9 rings (SSSR count). The normalized spacial score (nSPS) is 58.4. The van der Waals surface area contributed by atoms with Gasteiger partial charge in [0.25, 0.3) is 0 Å². The maximum atomic E-state index is 11.6. The highest BCUT2D eigenvalue weighted by atomic mass is 16.8. The van der Waals surface area contributed by atoms with E-state index < -0.39 is 111 Å². The van der Waals surface area contributed by atoms with E-state index in [9.17, 15) is 46.0 Å². The number of fused-ring (bicyclic) bond motifs is 7. The molecule has 0 aromatic rings. The second-order valence-corrected chi connectivity index (χ2v) is 20.7. The number of hydrogen-bond acceptors (Lipinski definition) is 17. The maximum Gasteiger partial charge on any atom is 0.192 e. The topological polar surface area (TPSA) is 256 Å². The molecular formula is C44H70O17. The minimum absolute atomic E-state index is 0.0565. The van der Waals surface area contributed by atoms with Gasteiger partial charge in [-0.05, 0) is 98.7 Å². The number of aliphatic hydroxyl groups excluding tert-OH is 9. The van der Waals surface area contributed by atoms with Gasteiger partial charge >= 0.3 is 0 Å². The van der Waals surface area contributed by atoms with Crippen molar-refractivity contribution in [2.75, 3.05) is 13.2 Å². The zero-order valence-electron chi connectivity index (χ0n) is 35.9. The first kappa shape index (κ1) is 45.2. The van der Waals surface area contributed by atoms with Crippen LogP contribution in [-0.2, 0) is 37.9 Å². The van der Waals surface area contributed by atoms with Crippen molar-refractivity contribution in [3.63, 3.8) is 0 Å². The summed E-state index contributed by atoms with van der Waals surface area (Å²) in [6.07, 6.45) is -13.3. The molecule has 5 aliphatic heterocycles. The Hall–Kier alpha value is -0.940. The average molecular weight is 871 g/mol. The monoisotopic (exact) mass is 870 g/mol. The standard InChI is InChI=1S/C44H70O17/c1-18-8-13-44(54-17-18)19(2)28-26(61-44)15-25-23-7-6-21-14-22(9-11-42(21,4)24(23)10-12-43(25,28)5)56-41-37(58-38-34(51)31(48)29(46)20(3)55-38)33(50)36(53)40(60-41)59-39-35(52)32(49)30(47)27(16-45)57-39/h6,18-20,22-41,45-53H,7-17H2,1-5H3/t18-,19+,20+,22+,23-,24+,25?,26+,27+,28?,29+,30+,31-,32-,33+,34-,35+,36+,37-,38+,39-,40+,41-,42+,43+,44-/m0/s1. The van der Waals surface area contributed by atoms with E-state index in [1.54, 1.807) is 0 Å². The summed E-state index contributed by atoms with van der Waals surface area (Å²) < 4.78 is 49.3. The van der Waals surface area contributed by atoms with Gasteiger partial charge in [-0.1, -0.05) is 39.3 Å². The second kappa shape index (κ2) is 16.7. The van der Waals surface area contributed by atoms with E-state index in [2.05, 4.69) is 33.8 Å². The molecule has 61 heavy (non-hydrogen) atoms. The molecule has 5 heterocycles. The average Bonchev–Trinajstić information content (AvgIpc) is 3.69. The summed E-state index contributed by atoms with van der Waals surface area (Å²) in [5.41, 5.74) is 1.43. The van der Waals surface area contributed by atoms with E-state index in [0.717, 1.165) is 51.6 Å². The van der Waals surface area contributed by atoms with Gasteiger partial charge in [0.2, 0.25) is 0 Å². The molecule has 5 saturated heterocycles. The first-order valence-electron chi connectivity index (χ1n) is 22.9. The molecule has 9 N–H and O–H groups in total. The highest BCUT2D eigenvalue weighted by Gasteiger charge is 2.69. The summed E-state index contributed by atoms with van der Waals surface area (Å²) in [5, 5.41) is 95.6. The molecule has 17 heteroatoms. The SMILES string of the molecule is C[C@H]1CC[C@]2(OC1)O[C@@H]1CC3[C@H]4CC=C5C[C@H](O[C@H]6O[C@@H](O[C@@H]7O[C@H](CO)[C@@H](O)[C@H](O)[C@H]7O)[C@H](O)[C@@H](O)[C@@H]6O[C@H]6O[C@H](C)[C@@H](O)[C@H](O)[C@@H]6O)CC[C@@]5(C)[C@@H]4CC[C@@]3(C)C1[C@H]2C. The van der Waals surface area contributed by atoms with Gasteiger partial charge in [0.05, 0.1) is 31.5 Å². The van der Waals surface area contributed by atoms with Crippen LogP contribution in [0.1, 0.15) is 92.4 Å². The number of allylic oxidation sites excluding steroid dienone is 1. The Balaban J connectivity index is 0.918. The Labute approximate surface area is 357 Å². The lowest BCUT2D eigenvalue weighted by Crippen LogP contribution is -2.66. The van der Waals surface area contributed by atoms with Crippen molar-refractivity contribution in [3.05, 3.63) is 11.6 Å². The van der Waals surface area contributed by atoms with E-state index in [-0.39, 0.29) is 16.9 Å². The summed E-state index contributed by atoms with van der Waals surface area (Å²) in [4.78, 5) is 0. The number of ether oxygens (including phenoxy) is 8. The molecule has 17 nitrogen and oxygen atoms in total. The van der Waals surface area contributed by atoms with Crippen LogP contribution >= 0.6 is 0 Å². The Bertz CT molecular complexity index is 1590. The van der Waals surface area contributed by atoms with Gasteiger partial charge in [0.1, 0.15) is 61.0 Å². The van der Waals surface area contributed by atoms with Crippen molar-refractivity contribution >= 4 is 0 Å². The van der Waals surface area contributed by atoms with Crippen LogP contribution in [-0.4, -0.2) is 169 Å². The zero-order chi connectivity index (χ0) is 43.5. The highest BCUT2D eigenvalue weighted by molar-refractivity contribution is 5.26. The Kier molecular flexibility index (Phi) is 12.4. The third-order valence-corrected chi connectivity index (χ3v) is 17.4. The Morgan fingerprint density at radius 2 is 1.38 bits per heavy atom. The van der Waals surface area contributed by atoms with Crippen LogP contribution in [0.5, 0.6) is 0 Å².